The van der Waals surface area contributed by atoms with Gasteiger partial charge in [0.15, 0.2) is 6.10 Å². The molecule has 0 aliphatic heterocycles. The fraction of sp³-hybridized carbons (Fsp3) is 0.609. The summed E-state index contributed by atoms with van der Waals surface area (Å²) in [4.78, 5) is 37.1. The summed E-state index contributed by atoms with van der Waals surface area (Å²) >= 11 is 0. The molecule has 0 radical (unpaired) electrons. The minimum Gasteiger partial charge on any atom is -0.467 e. The molecule has 14 nitrogen and oxygen atoms in total. The molecule has 1 aromatic rings. The Kier molecular flexibility index (Phi) is 14.8. The summed E-state index contributed by atoms with van der Waals surface area (Å²) in [5.74, 6) is -2.69. The molecule has 0 aliphatic carbocycles. The van der Waals surface area contributed by atoms with E-state index in [4.69, 9.17) is 30.2 Å². The van der Waals surface area contributed by atoms with Crippen molar-refractivity contribution in [3.05, 3.63) is 35.9 Å². The van der Waals surface area contributed by atoms with E-state index in [1.165, 1.54) is 0 Å². The third-order valence-electron chi connectivity index (χ3n) is 5.21. The van der Waals surface area contributed by atoms with Crippen molar-refractivity contribution in [2.24, 2.45) is 5.73 Å². The number of carbonyl (C=O) groups excluding carboxylic acids is 3. The first kappa shape index (κ1) is 32.3. The second-order valence-electron chi connectivity index (χ2n) is 8.22. The Labute approximate surface area is 213 Å². The number of amides is 1. The number of benzene rings is 1. The van der Waals surface area contributed by atoms with Crippen LogP contribution in [0.3, 0.4) is 0 Å². The van der Waals surface area contributed by atoms with Gasteiger partial charge in [-0.05, 0) is 5.56 Å². The van der Waals surface area contributed by atoms with Crippen molar-refractivity contribution < 1.29 is 59.2 Å². The molecule has 14 heteroatoms. The number of methoxy groups -OCH3 is 1. The summed E-state index contributed by atoms with van der Waals surface area (Å²) < 4.78 is 14.9. The average molecular weight is 533 g/mol. The lowest BCUT2D eigenvalue weighted by Gasteiger charge is -2.29. The van der Waals surface area contributed by atoms with E-state index in [0.717, 1.165) is 12.7 Å². The van der Waals surface area contributed by atoms with E-state index in [0.29, 0.717) is 0 Å². The van der Waals surface area contributed by atoms with Crippen LogP contribution in [0.15, 0.2) is 30.3 Å². The second kappa shape index (κ2) is 16.9. The highest BCUT2D eigenvalue weighted by molar-refractivity contribution is 5.90. The highest BCUT2D eigenvalue weighted by atomic mass is 16.6. The van der Waals surface area contributed by atoms with Crippen LogP contribution in [0.4, 0.5) is 0 Å². The van der Waals surface area contributed by atoms with Gasteiger partial charge in [0.2, 0.25) is 5.91 Å². The minimum absolute atomic E-state index is 0.104. The van der Waals surface area contributed by atoms with Gasteiger partial charge in [-0.1, -0.05) is 30.3 Å². The fourth-order valence-electron chi connectivity index (χ4n) is 3.08. The van der Waals surface area contributed by atoms with Crippen molar-refractivity contribution in [2.75, 3.05) is 33.5 Å². The van der Waals surface area contributed by atoms with Crippen molar-refractivity contribution >= 4 is 17.8 Å². The summed E-state index contributed by atoms with van der Waals surface area (Å²) in [6.45, 7) is -2.52. The normalized spacial score (nSPS) is 17.0. The number of rotatable bonds is 17. The molecule has 0 aliphatic rings. The third kappa shape index (κ3) is 11.5. The molecule has 1 amide bonds. The van der Waals surface area contributed by atoms with E-state index >= 15 is 0 Å². The number of ether oxygens (including phenoxy) is 3. The molecular formula is C23H36N2O12. The van der Waals surface area contributed by atoms with Gasteiger partial charge in [0.25, 0.3) is 0 Å². The maximum absolute atomic E-state index is 12.6. The van der Waals surface area contributed by atoms with Crippen molar-refractivity contribution in [1.82, 2.24) is 5.32 Å². The Hall–Kier alpha value is -2.69. The maximum Gasteiger partial charge on any atom is 0.328 e. The number of esters is 2. The predicted molar refractivity (Wildman–Crippen MR) is 126 cm³/mol. The number of carbonyl (C=O) groups is 3. The molecule has 0 spiro atoms. The van der Waals surface area contributed by atoms with Gasteiger partial charge in [-0.25, -0.2) is 4.79 Å². The molecule has 37 heavy (non-hydrogen) atoms. The largest absolute Gasteiger partial charge is 0.467 e. The Bertz CT molecular complexity index is 827. The lowest BCUT2D eigenvalue weighted by molar-refractivity contribution is -0.175. The predicted octanol–water partition coefficient (Wildman–Crippen LogP) is -4.04. The van der Waals surface area contributed by atoms with Crippen LogP contribution in [-0.4, -0.2) is 125 Å². The number of aliphatic hydroxyl groups excluding tert-OH is 6. The van der Waals surface area contributed by atoms with Crippen LogP contribution in [0.5, 0.6) is 0 Å². The standard InChI is InChI=1S/C23H36N2O12/c1-35-23(34)16(7-13-5-3-2-4-6-13)25-22(33)15(24)8-19(30)37-18(12-36-11-14(28)9-26)21(32)20(31)17(29)10-27/h2-6,14-18,20-21,26-29,31-32H,7-12,24H2,1H3,(H,25,33)/t14?,15?,16?,17-,18-,20-,21-/m1/s1. The Morgan fingerprint density at radius 2 is 1.62 bits per heavy atom. The first-order chi connectivity index (χ1) is 17.5. The van der Waals surface area contributed by atoms with Gasteiger partial charge in [0, 0.05) is 6.42 Å². The van der Waals surface area contributed by atoms with Crippen LogP contribution in [0.1, 0.15) is 12.0 Å². The van der Waals surface area contributed by atoms with Crippen molar-refractivity contribution in [3.63, 3.8) is 0 Å². The molecule has 210 valence electrons. The van der Waals surface area contributed by atoms with Crippen LogP contribution in [-0.2, 0) is 35.0 Å². The quantitative estimate of drug-likeness (QED) is 0.0893. The van der Waals surface area contributed by atoms with Gasteiger partial charge in [0.1, 0.15) is 30.5 Å². The third-order valence-corrected chi connectivity index (χ3v) is 5.21. The summed E-state index contributed by atoms with van der Waals surface area (Å²) in [6, 6.07) is 6.22. The zero-order valence-corrected chi connectivity index (χ0v) is 20.4. The topological polar surface area (TPSA) is 238 Å². The molecule has 1 aromatic carbocycles. The number of nitrogens with two attached hydrogens (primary N) is 1. The van der Waals surface area contributed by atoms with Crippen LogP contribution >= 0.6 is 0 Å². The molecule has 0 saturated carbocycles. The Morgan fingerprint density at radius 3 is 2.19 bits per heavy atom. The highest BCUT2D eigenvalue weighted by Gasteiger charge is 2.35. The SMILES string of the molecule is COC(=O)C(Cc1ccccc1)NC(=O)C(N)CC(=O)O[C@H](COCC(O)CO)[C@@H](O)[C@H](O)[C@H](O)CO. The molecule has 0 saturated heterocycles. The van der Waals surface area contributed by atoms with Crippen LogP contribution in [0.25, 0.3) is 0 Å². The van der Waals surface area contributed by atoms with Crippen LogP contribution in [0, 0.1) is 0 Å². The molecule has 0 fully saturated rings. The molecule has 1 rings (SSSR count). The number of hydrogen-bond donors (Lipinski definition) is 8. The van der Waals surface area contributed by atoms with Gasteiger partial charge in [-0.2, -0.15) is 0 Å². The van der Waals surface area contributed by atoms with E-state index in [2.05, 4.69) is 5.32 Å². The first-order valence-corrected chi connectivity index (χ1v) is 11.4. The van der Waals surface area contributed by atoms with Gasteiger partial charge in [0.05, 0.1) is 46.0 Å². The van der Waals surface area contributed by atoms with E-state index < -0.39 is 93.3 Å². The summed E-state index contributed by atoms with van der Waals surface area (Å²) in [5, 5.41) is 59.4. The first-order valence-electron chi connectivity index (χ1n) is 11.4. The molecule has 0 aromatic heterocycles. The van der Waals surface area contributed by atoms with E-state index in [9.17, 15) is 34.8 Å². The van der Waals surface area contributed by atoms with Crippen molar-refractivity contribution in [1.29, 1.82) is 0 Å². The Morgan fingerprint density at radius 1 is 0.973 bits per heavy atom. The van der Waals surface area contributed by atoms with Gasteiger partial charge >= 0.3 is 11.9 Å². The number of hydrogen-bond acceptors (Lipinski definition) is 13. The molecule has 0 bridgehead atoms. The highest BCUT2D eigenvalue weighted by Crippen LogP contribution is 2.12. The fourth-order valence-corrected chi connectivity index (χ4v) is 3.08. The van der Waals surface area contributed by atoms with Crippen LogP contribution in [0.2, 0.25) is 0 Å². The lowest BCUT2D eigenvalue weighted by Crippen LogP contribution is -2.51. The average Bonchev–Trinajstić information content (AvgIpc) is 2.90. The molecule has 7 atom stereocenters. The van der Waals surface area contributed by atoms with E-state index in [-0.39, 0.29) is 6.42 Å². The summed E-state index contributed by atoms with van der Waals surface area (Å²) in [7, 11) is 1.15. The zero-order chi connectivity index (χ0) is 28.0. The second-order valence-corrected chi connectivity index (χ2v) is 8.22. The van der Waals surface area contributed by atoms with Gasteiger partial charge in [-0.3, -0.25) is 9.59 Å². The van der Waals surface area contributed by atoms with E-state index in [1.807, 2.05) is 0 Å². The summed E-state index contributed by atoms with van der Waals surface area (Å²) in [6.07, 6.45) is -9.11. The molecule has 9 N–H and O–H groups in total. The molecule has 3 unspecified atom stereocenters. The van der Waals surface area contributed by atoms with E-state index in [1.54, 1.807) is 30.3 Å². The van der Waals surface area contributed by atoms with Gasteiger partial charge < -0.3 is 55.9 Å². The maximum atomic E-state index is 12.6. The number of nitrogens with one attached hydrogen (secondary N) is 1. The smallest absolute Gasteiger partial charge is 0.328 e. The zero-order valence-electron chi connectivity index (χ0n) is 20.4. The minimum atomic E-state index is -1.94. The monoisotopic (exact) mass is 532 g/mol. The van der Waals surface area contributed by atoms with Crippen molar-refractivity contribution in [3.8, 4) is 0 Å². The van der Waals surface area contributed by atoms with Gasteiger partial charge in [-0.15, -0.1) is 0 Å². The van der Waals surface area contributed by atoms with Crippen LogP contribution < -0.4 is 11.1 Å². The molecule has 0 heterocycles. The van der Waals surface area contributed by atoms with Crippen molar-refractivity contribution in [2.45, 2.75) is 55.4 Å². The number of aliphatic hydroxyl groups is 6. The lowest BCUT2D eigenvalue weighted by atomic mass is 10.0. The Balaban J connectivity index is 2.80. The summed E-state index contributed by atoms with van der Waals surface area (Å²) in [5.41, 5.74) is 6.53. The molecular weight excluding hydrogens is 496 g/mol.